The zero-order valence-corrected chi connectivity index (χ0v) is 8.90. The van der Waals surface area contributed by atoms with E-state index < -0.39 is 24.2 Å². The van der Waals surface area contributed by atoms with Crippen LogP contribution in [0.15, 0.2) is 29.4 Å². The molecule has 2 rings (SSSR count). The number of carbonyl (C=O) groups excluding carboxylic acids is 1. The Balaban J connectivity index is 2.37. The first kappa shape index (κ1) is 12.1. The van der Waals surface area contributed by atoms with Gasteiger partial charge in [0, 0.05) is 0 Å². The summed E-state index contributed by atoms with van der Waals surface area (Å²) in [5.41, 5.74) is -0.732. The number of hydrogen-bond acceptors (Lipinski definition) is 3. The minimum absolute atomic E-state index is 0.151. The number of hydrogen-bond donors (Lipinski definition) is 0. The molecule has 0 radical (unpaired) electrons. The Morgan fingerprint density at radius 3 is 2.67 bits per heavy atom. The Labute approximate surface area is 99.9 Å². The Kier molecular flexibility index (Phi) is 2.79. The number of rotatable bonds is 1. The number of nitriles is 1. The van der Waals surface area contributed by atoms with E-state index in [-0.39, 0.29) is 11.3 Å². The minimum Gasteiger partial charge on any atom is -0.272 e. The lowest BCUT2D eigenvalue weighted by Gasteiger charge is -2.11. The number of benzene rings is 1. The molecule has 0 N–H and O–H groups in total. The Bertz CT molecular complexity index is 572. The van der Waals surface area contributed by atoms with Gasteiger partial charge < -0.3 is 0 Å². The lowest BCUT2D eigenvalue weighted by atomic mass is 10.2. The maximum atomic E-state index is 12.4. The zero-order valence-electron chi connectivity index (χ0n) is 8.90. The van der Waals surface area contributed by atoms with Crippen LogP contribution in [0.3, 0.4) is 0 Å². The third-order valence-corrected chi connectivity index (χ3v) is 2.32. The minimum atomic E-state index is -4.61. The van der Waals surface area contributed by atoms with Crippen molar-refractivity contribution >= 4 is 17.3 Å². The summed E-state index contributed by atoms with van der Waals surface area (Å²) in [5.74, 6) is -0.766. The number of nitrogens with zero attached hydrogens (tertiary/aromatic N) is 3. The van der Waals surface area contributed by atoms with Gasteiger partial charge in [0.15, 0.2) is 5.71 Å². The van der Waals surface area contributed by atoms with Crippen molar-refractivity contribution in [3.8, 4) is 6.07 Å². The number of anilines is 1. The molecule has 0 spiro atoms. The molecule has 1 aromatic carbocycles. The van der Waals surface area contributed by atoms with Gasteiger partial charge >= 0.3 is 6.18 Å². The smallest absolute Gasteiger partial charge is 0.272 e. The maximum Gasteiger partial charge on any atom is 0.431 e. The fourth-order valence-corrected chi connectivity index (χ4v) is 1.50. The molecule has 7 heteroatoms. The molecule has 18 heavy (non-hydrogen) atoms. The van der Waals surface area contributed by atoms with Gasteiger partial charge in [-0.1, -0.05) is 6.07 Å². The van der Waals surface area contributed by atoms with Gasteiger partial charge in [0.1, 0.15) is 0 Å². The summed E-state index contributed by atoms with van der Waals surface area (Å²) in [6, 6.07) is 7.52. The molecule has 0 bridgehead atoms. The number of alkyl halides is 3. The van der Waals surface area contributed by atoms with Gasteiger partial charge in [0.25, 0.3) is 5.91 Å². The average Bonchev–Trinajstić information content (AvgIpc) is 2.71. The van der Waals surface area contributed by atoms with Crippen molar-refractivity contribution in [3.63, 3.8) is 0 Å². The third kappa shape index (κ3) is 2.18. The molecule has 0 atom stereocenters. The highest BCUT2D eigenvalue weighted by Gasteiger charge is 2.42. The fourth-order valence-electron chi connectivity index (χ4n) is 1.50. The highest BCUT2D eigenvalue weighted by Crippen LogP contribution is 2.28. The van der Waals surface area contributed by atoms with Crippen LogP contribution in [0.25, 0.3) is 0 Å². The van der Waals surface area contributed by atoms with E-state index in [1.165, 1.54) is 24.3 Å². The van der Waals surface area contributed by atoms with Gasteiger partial charge in [-0.25, -0.2) is 5.01 Å². The summed E-state index contributed by atoms with van der Waals surface area (Å²) in [4.78, 5) is 11.5. The standard InChI is InChI=1S/C11H6F3N3O/c12-11(13,14)9-5-10(18)17(16-9)8-3-1-2-7(4-8)6-15/h1-4H,5H2. The summed E-state index contributed by atoms with van der Waals surface area (Å²) >= 11 is 0. The van der Waals surface area contributed by atoms with Gasteiger partial charge in [0.2, 0.25) is 0 Å². The molecule has 0 aromatic heterocycles. The predicted octanol–water partition coefficient (Wildman–Crippen LogP) is 2.21. The molecule has 1 aliphatic heterocycles. The van der Waals surface area contributed by atoms with Crippen molar-refractivity contribution in [2.75, 3.05) is 5.01 Å². The number of halogens is 3. The molecule has 92 valence electrons. The van der Waals surface area contributed by atoms with Crippen LogP contribution in [0.2, 0.25) is 0 Å². The summed E-state index contributed by atoms with van der Waals surface area (Å²) in [6.07, 6.45) is -5.39. The lowest BCUT2D eigenvalue weighted by molar-refractivity contribution is -0.117. The predicted molar refractivity (Wildman–Crippen MR) is 56.8 cm³/mol. The summed E-state index contributed by atoms with van der Waals surface area (Å²) in [7, 11) is 0. The van der Waals surface area contributed by atoms with E-state index in [2.05, 4.69) is 5.10 Å². The molecule has 1 amide bonds. The molecule has 0 fully saturated rings. The Morgan fingerprint density at radius 1 is 1.39 bits per heavy atom. The first-order valence-corrected chi connectivity index (χ1v) is 4.89. The van der Waals surface area contributed by atoms with Gasteiger partial charge in [-0.05, 0) is 18.2 Å². The summed E-state index contributed by atoms with van der Waals surface area (Å²) < 4.78 is 37.2. The highest BCUT2D eigenvalue weighted by atomic mass is 19.4. The topological polar surface area (TPSA) is 56.5 Å². The third-order valence-electron chi connectivity index (χ3n) is 2.32. The van der Waals surface area contributed by atoms with Gasteiger partial charge in [-0.15, -0.1) is 0 Å². The van der Waals surface area contributed by atoms with Crippen LogP contribution in [-0.4, -0.2) is 17.8 Å². The van der Waals surface area contributed by atoms with Crippen molar-refractivity contribution < 1.29 is 18.0 Å². The molecule has 1 aliphatic rings. The van der Waals surface area contributed by atoms with E-state index in [0.717, 1.165) is 0 Å². The van der Waals surface area contributed by atoms with Crippen LogP contribution >= 0.6 is 0 Å². The van der Waals surface area contributed by atoms with E-state index in [9.17, 15) is 18.0 Å². The molecule has 0 saturated heterocycles. The first-order valence-electron chi connectivity index (χ1n) is 4.89. The average molecular weight is 253 g/mol. The second-order valence-electron chi connectivity index (χ2n) is 3.59. The van der Waals surface area contributed by atoms with Crippen molar-refractivity contribution in [2.24, 2.45) is 5.10 Å². The van der Waals surface area contributed by atoms with Crippen LogP contribution in [0.5, 0.6) is 0 Å². The molecular weight excluding hydrogens is 247 g/mol. The van der Waals surface area contributed by atoms with Crippen LogP contribution in [-0.2, 0) is 4.79 Å². The maximum absolute atomic E-state index is 12.4. The Morgan fingerprint density at radius 2 is 2.11 bits per heavy atom. The normalized spacial score (nSPS) is 15.6. The molecule has 0 unspecified atom stereocenters. The molecule has 1 aromatic rings. The highest BCUT2D eigenvalue weighted by molar-refractivity contribution is 6.14. The van der Waals surface area contributed by atoms with E-state index in [1.807, 2.05) is 6.07 Å². The molecule has 4 nitrogen and oxygen atoms in total. The summed E-state index contributed by atoms with van der Waals surface area (Å²) in [5, 5.41) is 12.6. The first-order chi connectivity index (χ1) is 8.41. The number of hydrazone groups is 1. The van der Waals surface area contributed by atoms with E-state index >= 15 is 0 Å². The van der Waals surface area contributed by atoms with Crippen molar-refractivity contribution in [1.82, 2.24) is 0 Å². The zero-order chi connectivity index (χ0) is 13.3. The van der Waals surface area contributed by atoms with Crippen molar-refractivity contribution in [1.29, 1.82) is 5.26 Å². The van der Waals surface area contributed by atoms with Gasteiger partial charge in [0.05, 0.1) is 23.7 Å². The molecule has 0 saturated carbocycles. The van der Waals surface area contributed by atoms with Crippen LogP contribution in [0, 0.1) is 11.3 Å². The fraction of sp³-hybridized carbons (Fsp3) is 0.182. The van der Waals surface area contributed by atoms with Crippen molar-refractivity contribution in [2.45, 2.75) is 12.6 Å². The molecular formula is C11H6F3N3O. The van der Waals surface area contributed by atoms with Crippen LogP contribution < -0.4 is 5.01 Å². The van der Waals surface area contributed by atoms with Gasteiger partial charge in [-0.2, -0.15) is 23.5 Å². The van der Waals surface area contributed by atoms with Crippen LogP contribution in [0.1, 0.15) is 12.0 Å². The SMILES string of the molecule is N#Cc1cccc(N2N=C(C(F)(F)F)CC2=O)c1. The lowest BCUT2D eigenvalue weighted by Crippen LogP contribution is -2.22. The number of carbonyl (C=O) groups is 1. The quantitative estimate of drug-likeness (QED) is 0.770. The van der Waals surface area contributed by atoms with Crippen LogP contribution in [0.4, 0.5) is 18.9 Å². The summed E-state index contributed by atoms with van der Waals surface area (Å²) in [6.45, 7) is 0. The molecule has 1 heterocycles. The van der Waals surface area contributed by atoms with Crippen molar-refractivity contribution in [3.05, 3.63) is 29.8 Å². The number of amides is 1. The Hall–Kier alpha value is -2.36. The monoisotopic (exact) mass is 253 g/mol. The molecule has 0 aliphatic carbocycles. The largest absolute Gasteiger partial charge is 0.431 e. The van der Waals surface area contributed by atoms with E-state index in [1.54, 1.807) is 0 Å². The van der Waals surface area contributed by atoms with Gasteiger partial charge in [-0.3, -0.25) is 4.79 Å². The van der Waals surface area contributed by atoms with E-state index in [4.69, 9.17) is 5.26 Å². The second-order valence-corrected chi connectivity index (χ2v) is 3.59. The van der Waals surface area contributed by atoms with E-state index in [0.29, 0.717) is 5.01 Å². The second kappa shape index (κ2) is 4.14.